The largest absolute Gasteiger partial charge is 0.488 e. The van der Waals surface area contributed by atoms with Crippen molar-refractivity contribution in [1.82, 2.24) is 0 Å². The summed E-state index contributed by atoms with van der Waals surface area (Å²) in [5.41, 5.74) is 7.45. The quantitative estimate of drug-likeness (QED) is 0.654. The predicted molar refractivity (Wildman–Crippen MR) is 81.2 cm³/mol. The van der Waals surface area contributed by atoms with Gasteiger partial charge in [-0.25, -0.2) is 0 Å². The van der Waals surface area contributed by atoms with Crippen molar-refractivity contribution in [1.29, 1.82) is 0 Å². The highest BCUT2D eigenvalue weighted by Crippen LogP contribution is 2.23. The van der Waals surface area contributed by atoms with Crippen LogP contribution in [0, 0.1) is 10.1 Å². The van der Waals surface area contributed by atoms with Crippen LogP contribution in [0.3, 0.4) is 0 Å². The van der Waals surface area contributed by atoms with E-state index in [1.165, 1.54) is 6.07 Å². The van der Waals surface area contributed by atoms with E-state index in [9.17, 15) is 10.1 Å². The van der Waals surface area contributed by atoms with Crippen LogP contribution in [-0.2, 0) is 13.0 Å². The van der Waals surface area contributed by atoms with E-state index in [0.29, 0.717) is 17.7 Å². The third kappa shape index (κ3) is 4.03. The molecule has 0 saturated carbocycles. The number of hydrogen-bond donors (Lipinski definition) is 1. The standard InChI is InChI=1S/C16H18N2O3/c1-12(17)10-13-6-3-5-9-16(13)21-11-14-7-2-4-8-15(14)18(19)20/h2-9,12H,10-11,17H2,1H3. The molecule has 0 fully saturated rings. The van der Waals surface area contributed by atoms with Crippen molar-refractivity contribution < 1.29 is 9.66 Å². The first-order valence-electron chi connectivity index (χ1n) is 6.76. The fourth-order valence-electron chi connectivity index (χ4n) is 2.13. The molecule has 0 aliphatic rings. The molecular formula is C16H18N2O3. The smallest absolute Gasteiger partial charge is 0.276 e. The number of rotatable bonds is 6. The lowest BCUT2D eigenvalue weighted by Gasteiger charge is -2.13. The molecule has 2 rings (SSSR count). The fraction of sp³-hybridized carbons (Fsp3) is 0.250. The van der Waals surface area contributed by atoms with Gasteiger partial charge in [0, 0.05) is 12.1 Å². The number of nitro benzene ring substituents is 1. The van der Waals surface area contributed by atoms with Crippen molar-refractivity contribution in [3.8, 4) is 5.75 Å². The van der Waals surface area contributed by atoms with Gasteiger partial charge in [-0.3, -0.25) is 10.1 Å². The van der Waals surface area contributed by atoms with E-state index >= 15 is 0 Å². The zero-order valence-electron chi connectivity index (χ0n) is 11.9. The molecule has 21 heavy (non-hydrogen) atoms. The molecule has 1 atom stereocenters. The number of ether oxygens (including phenoxy) is 1. The maximum atomic E-state index is 11.0. The lowest BCUT2D eigenvalue weighted by molar-refractivity contribution is -0.385. The molecule has 110 valence electrons. The molecule has 0 aromatic heterocycles. The van der Waals surface area contributed by atoms with Gasteiger partial charge in [-0.15, -0.1) is 0 Å². The number of para-hydroxylation sites is 2. The summed E-state index contributed by atoms with van der Waals surface area (Å²) in [6.45, 7) is 2.09. The Kier molecular flexibility index (Phi) is 4.90. The van der Waals surface area contributed by atoms with E-state index in [1.54, 1.807) is 18.2 Å². The summed E-state index contributed by atoms with van der Waals surface area (Å²) in [5.74, 6) is 0.716. The first kappa shape index (κ1) is 15.0. The van der Waals surface area contributed by atoms with Gasteiger partial charge in [0.1, 0.15) is 12.4 Å². The van der Waals surface area contributed by atoms with Gasteiger partial charge in [-0.1, -0.05) is 30.3 Å². The Labute approximate surface area is 123 Å². The van der Waals surface area contributed by atoms with Gasteiger partial charge >= 0.3 is 0 Å². The lowest BCUT2D eigenvalue weighted by atomic mass is 10.1. The van der Waals surface area contributed by atoms with Crippen molar-refractivity contribution in [2.45, 2.75) is 26.0 Å². The van der Waals surface area contributed by atoms with E-state index in [-0.39, 0.29) is 18.3 Å². The second kappa shape index (κ2) is 6.85. The average molecular weight is 286 g/mol. The van der Waals surface area contributed by atoms with Gasteiger partial charge in [0.15, 0.2) is 0 Å². The van der Waals surface area contributed by atoms with Crippen molar-refractivity contribution in [3.63, 3.8) is 0 Å². The molecule has 0 aliphatic heterocycles. The molecule has 5 nitrogen and oxygen atoms in total. The van der Waals surface area contributed by atoms with Crippen LogP contribution in [0.5, 0.6) is 5.75 Å². The second-order valence-corrected chi connectivity index (χ2v) is 4.96. The van der Waals surface area contributed by atoms with E-state index in [4.69, 9.17) is 10.5 Å². The normalized spacial score (nSPS) is 11.9. The first-order valence-corrected chi connectivity index (χ1v) is 6.76. The minimum absolute atomic E-state index is 0.0285. The Morgan fingerprint density at radius 3 is 2.43 bits per heavy atom. The maximum Gasteiger partial charge on any atom is 0.276 e. The van der Waals surface area contributed by atoms with E-state index in [0.717, 1.165) is 5.56 Å². The van der Waals surface area contributed by atoms with Crippen LogP contribution in [0.25, 0.3) is 0 Å². The van der Waals surface area contributed by atoms with Gasteiger partial charge < -0.3 is 10.5 Å². The minimum atomic E-state index is -0.396. The Balaban J connectivity index is 2.15. The molecule has 2 aromatic rings. The molecule has 0 heterocycles. The van der Waals surface area contributed by atoms with Gasteiger partial charge in [0.2, 0.25) is 0 Å². The summed E-state index contributed by atoms with van der Waals surface area (Å²) < 4.78 is 5.75. The van der Waals surface area contributed by atoms with Crippen LogP contribution in [0.4, 0.5) is 5.69 Å². The van der Waals surface area contributed by atoms with Gasteiger partial charge in [0.25, 0.3) is 5.69 Å². The molecule has 0 radical (unpaired) electrons. The molecule has 1 unspecified atom stereocenters. The molecular weight excluding hydrogens is 268 g/mol. The Hall–Kier alpha value is -2.40. The lowest BCUT2D eigenvalue weighted by Crippen LogP contribution is -2.18. The minimum Gasteiger partial charge on any atom is -0.488 e. The molecule has 0 bridgehead atoms. The number of hydrogen-bond acceptors (Lipinski definition) is 4. The summed E-state index contributed by atoms with van der Waals surface area (Å²) in [5, 5.41) is 11.0. The Bertz CT molecular complexity index is 626. The van der Waals surface area contributed by atoms with Crippen LogP contribution in [0.2, 0.25) is 0 Å². The summed E-state index contributed by atoms with van der Waals surface area (Å²) in [4.78, 5) is 10.6. The Morgan fingerprint density at radius 1 is 1.14 bits per heavy atom. The zero-order valence-corrected chi connectivity index (χ0v) is 11.9. The number of nitrogens with zero attached hydrogens (tertiary/aromatic N) is 1. The molecule has 0 spiro atoms. The summed E-state index contributed by atoms with van der Waals surface area (Å²) >= 11 is 0. The Morgan fingerprint density at radius 2 is 1.76 bits per heavy atom. The number of nitro groups is 1. The van der Waals surface area contributed by atoms with Crippen molar-refractivity contribution in [2.24, 2.45) is 5.73 Å². The molecule has 0 amide bonds. The summed E-state index contributed by atoms with van der Waals surface area (Å²) in [7, 11) is 0. The maximum absolute atomic E-state index is 11.0. The monoisotopic (exact) mass is 286 g/mol. The number of benzene rings is 2. The van der Waals surface area contributed by atoms with Crippen LogP contribution < -0.4 is 10.5 Å². The van der Waals surface area contributed by atoms with Crippen LogP contribution in [0.1, 0.15) is 18.1 Å². The fourth-order valence-corrected chi connectivity index (χ4v) is 2.13. The second-order valence-electron chi connectivity index (χ2n) is 4.96. The first-order chi connectivity index (χ1) is 10.1. The van der Waals surface area contributed by atoms with E-state index in [1.807, 2.05) is 31.2 Å². The predicted octanol–water partition coefficient (Wildman–Crippen LogP) is 3.06. The highest BCUT2D eigenvalue weighted by atomic mass is 16.6. The zero-order chi connectivity index (χ0) is 15.2. The summed E-state index contributed by atoms with van der Waals surface area (Å²) in [6.07, 6.45) is 0.701. The van der Waals surface area contributed by atoms with Gasteiger partial charge in [-0.2, -0.15) is 0 Å². The van der Waals surface area contributed by atoms with E-state index < -0.39 is 4.92 Å². The van der Waals surface area contributed by atoms with Crippen molar-refractivity contribution in [2.75, 3.05) is 0 Å². The average Bonchev–Trinajstić information content (AvgIpc) is 2.46. The topological polar surface area (TPSA) is 78.4 Å². The van der Waals surface area contributed by atoms with Gasteiger partial charge in [0.05, 0.1) is 10.5 Å². The van der Waals surface area contributed by atoms with Crippen LogP contribution in [-0.4, -0.2) is 11.0 Å². The number of nitrogens with two attached hydrogens (primary N) is 1. The molecule has 2 N–H and O–H groups in total. The SMILES string of the molecule is CC(N)Cc1ccccc1OCc1ccccc1[N+](=O)[O-]. The van der Waals surface area contributed by atoms with Crippen molar-refractivity contribution in [3.05, 3.63) is 69.8 Å². The van der Waals surface area contributed by atoms with Crippen molar-refractivity contribution >= 4 is 5.69 Å². The highest BCUT2D eigenvalue weighted by molar-refractivity contribution is 5.40. The molecule has 0 saturated heterocycles. The highest BCUT2D eigenvalue weighted by Gasteiger charge is 2.13. The molecule has 5 heteroatoms. The van der Waals surface area contributed by atoms with Crippen LogP contribution in [0.15, 0.2) is 48.5 Å². The van der Waals surface area contributed by atoms with Crippen LogP contribution >= 0.6 is 0 Å². The molecule has 0 aliphatic carbocycles. The van der Waals surface area contributed by atoms with Gasteiger partial charge in [-0.05, 0) is 31.0 Å². The third-order valence-corrected chi connectivity index (χ3v) is 3.09. The third-order valence-electron chi connectivity index (χ3n) is 3.09. The van der Waals surface area contributed by atoms with E-state index in [2.05, 4.69) is 0 Å². The summed E-state index contributed by atoms with van der Waals surface area (Å²) in [6, 6.07) is 14.2. The molecule has 2 aromatic carbocycles.